The maximum Gasteiger partial charge on any atom is 0.339 e. The van der Waals surface area contributed by atoms with E-state index in [4.69, 9.17) is 14.9 Å². The van der Waals surface area contributed by atoms with E-state index in [2.05, 4.69) is 24.2 Å². The van der Waals surface area contributed by atoms with Crippen molar-refractivity contribution in [2.24, 2.45) is 0 Å². The van der Waals surface area contributed by atoms with Crippen molar-refractivity contribution in [1.29, 1.82) is 5.41 Å². The van der Waals surface area contributed by atoms with Crippen LogP contribution in [0.4, 0.5) is 11.5 Å². The van der Waals surface area contributed by atoms with E-state index < -0.39 is 0 Å². The Morgan fingerprint density at radius 3 is 2.53 bits per heavy atom. The molecule has 1 saturated carbocycles. The number of benzene rings is 3. The van der Waals surface area contributed by atoms with Crippen LogP contribution in [0.15, 0.2) is 102 Å². The Balaban J connectivity index is 1.27. The second kappa shape index (κ2) is 12.8. The molecule has 0 atom stereocenters. The van der Waals surface area contributed by atoms with E-state index in [0.29, 0.717) is 83.7 Å². The number of anilines is 2. The molecular formula is C37H38N6O4. The van der Waals surface area contributed by atoms with Gasteiger partial charge in [0.25, 0.3) is 5.91 Å². The highest BCUT2D eigenvalue weighted by Crippen LogP contribution is 2.36. The number of amides is 1. The molecule has 1 aromatic heterocycles. The van der Waals surface area contributed by atoms with Crippen LogP contribution in [0.5, 0.6) is 17.2 Å². The lowest BCUT2D eigenvalue weighted by Crippen LogP contribution is -2.37. The van der Waals surface area contributed by atoms with E-state index in [-0.39, 0.29) is 11.6 Å². The van der Waals surface area contributed by atoms with Crippen LogP contribution >= 0.6 is 0 Å². The largest absolute Gasteiger partial charge is 0.490 e. The van der Waals surface area contributed by atoms with Crippen LogP contribution in [0, 0.1) is 5.41 Å². The minimum atomic E-state index is -0.338. The number of nitrogens with zero attached hydrogens (tertiary/aromatic N) is 4. The molecule has 1 aliphatic carbocycles. The lowest BCUT2D eigenvalue weighted by Gasteiger charge is -2.29. The molecule has 0 unspecified atom stereocenters. The Hall–Kier alpha value is -5.35. The minimum Gasteiger partial charge on any atom is -0.490 e. The Bertz CT molecular complexity index is 1940. The summed E-state index contributed by atoms with van der Waals surface area (Å²) in [5, 5.41) is 12.5. The van der Waals surface area contributed by atoms with Gasteiger partial charge >= 0.3 is 5.69 Å². The fraction of sp³-hybridized carbons (Fsp3) is 0.270. The number of hydrogen-bond acceptors (Lipinski definition) is 7. The molecule has 1 amide bonds. The van der Waals surface area contributed by atoms with Crippen molar-refractivity contribution >= 4 is 23.1 Å². The molecule has 47 heavy (non-hydrogen) atoms. The molecule has 3 heterocycles. The Morgan fingerprint density at radius 2 is 1.79 bits per heavy atom. The van der Waals surface area contributed by atoms with Gasteiger partial charge in [-0.15, -0.1) is 0 Å². The molecule has 0 bridgehead atoms. The number of para-hydroxylation sites is 1. The number of likely N-dealkylation sites (N-methyl/N-ethyl adjacent to an activating group) is 1. The van der Waals surface area contributed by atoms with Gasteiger partial charge < -0.3 is 25.1 Å². The SMILES string of the molecule is CCC1=CNc2c(n(-c3ccc(Oc4ccccc4)cc3)c(=O)n2-c2ccc3c(c2)N(C(=O)/C=C/CN(C)C2CC2)CCO3)C(=N)C1. The normalized spacial score (nSPS) is 15.9. The van der Waals surface area contributed by atoms with Crippen LogP contribution in [0.3, 0.4) is 0 Å². The molecule has 10 heteroatoms. The van der Waals surface area contributed by atoms with Crippen LogP contribution in [0.2, 0.25) is 0 Å². The molecule has 0 spiro atoms. The van der Waals surface area contributed by atoms with E-state index in [1.807, 2.05) is 79.0 Å². The summed E-state index contributed by atoms with van der Waals surface area (Å²) in [7, 11) is 2.08. The van der Waals surface area contributed by atoms with Crippen LogP contribution in [0.1, 0.15) is 38.3 Å². The van der Waals surface area contributed by atoms with E-state index in [1.54, 1.807) is 26.2 Å². The molecular weight excluding hydrogens is 592 g/mol. The smallest absolute Gasteiger partial charge is 0.339 e. The quantitative estimate of drug-likeness (QED) is 0.211. The van der Waals surface area contributed by atoms with Crippen molar-refractivity contribution in [3.05, 3.63) is 113 Å². The van der Waals surface area contributed by atoms with Gasteiger partial charge in [0.05, 0.1) is 29.3 Å². The van der Waals surface area contributed by atoms with Crippen LogP contribution < -0.4 is 25.4 Å². The molecule has 2 N–H and O–H groups in total. The van der Waals surface area contributed by atoms with Gasteiger partial charge in [0.2, 0.25) is 0 Å². The summed E-state index contributed by atoms with van der Waals surface area (Å²) in [5.41, 5.74) is 3.30. The van der Waals surface area contributed by atoms with E-state index in [1.165, 1.54) is 12.8 Å². The Morgan fingerprint density at radius 1 is 1.04 bits per heavy atom. The van der Waals surface area contributed by atoms with Crippen molar-refractivity contribution in [2.45, 2.75) is 38.6 Å². The minimum absolute atomic E-state index is 0.132. The molecule has 0 saturated heterocycles. The number of ether oxygens (including phenoxy) is 2. The topological polar surface area (TPSA) is 105 Å². The third kappa shape index (κ3) is 6.12. The zero-order valence-electron chi connectivity index (χ0n) is 26.6. The summed E-state index contributed by atoms with van der Waals surface area (Å²) in [6.07, 6.45) is 9.03. The molecule has 4 aromatic rings. The number of carbonyl (C=O) groups excluding carboxylic acids is 1. The van der Waals surface area contributed by atoms with Crippen molar-refractivity contribution in [3.8, 4) is 28.6 Å². The first-order chi connectivity index (χ1) is 22.9. The number of nitrogens with one attached hydrogen (secondary N) is 2. The molecule has 1 fully saturated rings. The number of carbonyl (C=O) groups is 1. The van der Waals surface area contributed by atoms with Gasteiger partial charge in [-0.1, -0.05) is 31.2 Å². The third-order valence-corrected chi connectivity index (χ3v) is 8.84. The van der Waals surface area contributed by atoms with Gasteiger partial charge in [-0.2, -0.15) is 0 Å². The van der Waals surface area contributed by atoms with Gasteiger partial charge in [0.1, 0.15) is 35.4 Å². The van der Waals surface area contributed by atoms with E-state index >= 15 is 0 Å². The molecule has 7 rings (SSSR count). The molecule has 240 valence electrons. The van der Waals surface area contributed by atoms with Gasteiger partial charge in [-0.25, -0.2) is 9.36 Å². The number of fused-ring (bicyclic) bond motifs is 2. The second-order valence-electron chi connectivity index (χ2n) is 12.1. The predicted molar refractivity (Wildman–Crippen MR) is 184 cm³/mol. The first-order valence-electron chi connectivity index (χ1n) is 16.1. The number of rotatable bonds is 9. The summed E-state index contributed by atoms with van der Waals surface area (Å²) >= 11 is 0. The second-order valence-corrected chi connectivity index (χ2v) is 12.1. The fourth-order valence-electron chi connectivity index (χ4n) is 6.09. The Labute approximate surface area is 273 Å². The molecule has 3 aromatic carbocycles. The summed E-state index contributed by atoms with van der Waals surface area (Å²) in [6, 6.07) is 22.8. The number of imidazole rings is 1. The number of hydrogen-bond donors (Lipinski definition) is 2. The maximum absolute atomic E-state index is 14.4. The average Bonchev–Trinajstić information content (AvgIpc) is 3.92. The summed E-state index contributed by atoms with van der Waals surface area (Å²) in [5.74, 6) is 2.29. The average molecular weight is 631 g/mol. The third-order valence-electron chi connectivity index (χ3n) is 8.84. The zero-order valence-corrected chi connectivity index (χ0v) is 26.6. The lowest BCUT2D eigenvalue weighted by atomic mass is 10.1. The standard InChI is InChI=1S/C37H38N6O4/c1-3-25-22-31(38)35-36(39-24-25)43(37(45)42(35)27-13-16-30(17-14-27)47-29-8-5-4-6-9-29)28-15-18-33-32(23-28)41(20-21-46-33)34(44)10-7-19-40(2)26-11-12-26/h4-10,13-18,23-24,26,38-39H,3,11-12,19-22H2,1-2H3/b10-7+,38-31?. The van der Waals surface area contributed by atoms with Crippen LogP contribution in [0.25, 0.3) is 11.4 Å². The van der Waals surface area contributed by atoms with Gasteiger partial charge in [0, 0.05) is 31.3 Å². The van der Waals surface area contributed by atoms with Crippen molar-refractivity contribution < 1.29 is 14.3 Å². The van der Waals surface area contributed by atoms with Crippen molar-refractivity contribution in [3.63, 3.8) is 0 Å². The summed E-state index contributed by atoms with van der Waals surface area (Å²) in [6.45, 7) is 3.55. The lowest BCUT2D eigenvalue weighted by molar-refractivity contribution is -0.114. The van der Waals surface area contributed by atoms with Crippen LogP contribution in [-0.2, 0) is 4.79 Å². The van der Waals surface area contributed by atoms with Crippen molar-refractivity contribution in [1.82, 2.24) is 14.0 Å². The van der Waals surface area contributed by atoms with Crippen LogP contribution in [-0.4, -0.2) is 58.4 Å². The van der Waals surface area contributed by atoms with E-state index in [0.717, 1.165) is 12.0 Å². The van der Waals surface area contributed by atoms with Crippen molar-refractivity contribution in [2.75, 3.05) is 37.0 Å². The predicted octanol–water partition coefficient (Wildman–Crippen LogP) is 6.27. The zero-order chi connectivity index (χ0) is 32.5. The van der Waals surface area contributed by atoms with Gasteiger partial charge in [0.15, 0.2) is 0 Å². The molecule has 10 nitrogen and oxygen atoms in total. The highest BCUT2D eigenvalue weighted by atomic mass is 16.5. The fourth-order valence-corrected chi connectivity index (χ4v) is 6.09. The Kier molecular flexibility index (Phi) is 8.26. The maximum atomic E-state index is 14.4. The number of aromatic nitrogens is 2. The monoisotopic (exact) mass is 630 g/mol. The molecule has 3 aliphatic rings. The highest BCUT2D eigenvalue weighted by Gasteiger charge is 2.29. The first-order valence-corrected chi connectivity index (χ1v) is 16.1. The number of allylic oxidation sites excluding steroid dienone is 1. The van der Waals surface area contributed by atoms with Gasteiger partial charge in [-0.05, 0) is 86.5 Å². The molecule has 2 aliphatic heterocycles. The van der Waals surface area contributed by atoms with E-state index in [9.17, 15) is 9.59 Å². The van der Waals surface area contributed by atoms with Gasteiger partial charge in [-0.3, -0.25) is 14.3 Å². The first kappa shape index (κ1) is 30.3. The highest BCUT2D eigenvalue weighted by molar-refractivity contribution is 6.04. The summed E-state index contributed by atoms with van der Waals surface area (Å²) < 4.78 is 15.1. The summed E-state index contributed by atoms with van der Waals surface area (Å²) in [4.78, 5) is 31.8. The molecule has 0 radical (unpaired) electrons.